The van der Waals surface area contributed by atoms with Crippen LogP contribution in [0.1, 0.15) is 0 Å². The second-order valence-electron chi connectivity index (χ2n) is 5.04. The van der Waals surface area contributed by atoms with E-state index in [1.165, 1.54) is 8.34 Å². The number of rotatable bonds is 7. The molecule has 0 amide bonds. The number of halogens is 8. The van der Waals surface area contributed by atoms with Crippen LogP contribution in [-0.4, -0.2) is 42.9 Å². The normalized spacial score (nSPS) is 24.1. The Morgan fingerprint density at radius 2 is 1.16 bits per heavy atom. The summed E-state index contributed by atoms with van der Waals surface area (Å²) in [5, 5.41) is 0. The van der Waals surface area contributed by atoms with Crippen LogP contribution in [0.5, 0.6) is 0 Å². The molecule has 0 bridgehead atoms. The summed E-state index contributed by atoms with van der Waals surface area (Å²) >= 11 is 23.6. The van der Waals surface area contributed by atoms with Gasteiger partial charge in [0.1, 0.15) is 14.4 Å². The van der Waals surface area contributed by atoms with Gasteiger partial charge in [-0.15, -0.1) is 0 Å². The number of hydrogen-bond donors (Lipinski definition) is 0. The summed E-state index contributed by atoms with van der Waals surface area (Å²) in [6, 6.07) is 0. The lowest BCUT2D eigenvalue weighted by atomic mass is 11.6. The van der Waals surface area contributed by atoms with E-state index in [9.17, 15) is 0 Å². The van der Waals surface area contributed by atoms with Crippen LogP contribution in [-0.2, 0) is 0 Å². The zero-order valence-corrected chi connectivity index (χ0v) is 33.0. The van der Waals surface area contributed by atoms with Crippen molar-refractivity contribution >= 4 is 197 Å². The van der Waals surface area contributed by atoms with Crippen molar-refractivity contribution < 1.29 is 0 Å². The largest absolute Gasteiger partial charge is 0.305 e. The first-order valence-electron chi connectivity index (χ1n) is 6.55. The smallest absolute Gasteiger partial charge is 0.173 e. The number of nitrogens with zero attached hydrogens (tertiary/aromatic N) is 4. The average Bonchev–Trinajstić information content (AvgIpc) is 2.67. The summed E-state index contributed by atoms with van der Waals surface area (Å²) in [6.45, 7) is 0.325. The van der Waals surface area contributed by atoms with E-state index < -0.39 is 28.0 Å². The molecule has 0 fully saturated rings. The van der Waals surface area contributed by atoms with Crippen LogP contribution >= 0.6 is 197 Å². The molecular weight excluding hydrogens is 1210 g/mol. The minimum Gasteiger partial charge on any atom is -0.305 e. The minimum atomic E-state index is -1.96. The Morgan fingerprint density at radius 1 is 0.760 bits per heavy atom. The van der Waals surface area contributed by atoms with Crippen molar-refractivity contribution in [2.45, 2.75) is 0 Å². The maximum Gasteiger partial charge on any atom is 0.173 e. The monoisotopic (exact) mass is 1230 g/mol. The van der Waals surface area contributed by atoms with Crippen molar-refractivity contribution in [2.24, 2.45) is 18.3 Å². The van der Waals surface area contributed by atoms with Gasteiger partial charge in [-0.2, -0.15) is 0 Å². The van der Waals surface area contributed by atoms with Gasteiger partial charge in [-0.3, -0.25) is 0 Å². The zero-order valence-electron chi connectivity index (χ0n) is 13.6. The average molecular weight is 1230 g/mol. The van der Waals surface area contributed by atoms with Gasteiger partial charge in [-0.1, -0.05) is 169 Å². The van der Waals surface area contributed by atoms with Gasteiger partial charge in [0.2, 0.25) is 0 Å². The van der Waals surface area contributed by atoms with Crippen LogP contribution in [0.3, 0.4) is 0 Å². The van der Waals surface area contributed by atoms with Crippen molar-refractivity contribution in [2.75, 3.05) is 42.9 Å². The van der Waals surface area contributed by atoms with Gasteiger partial charge in [0, 0.05) is 15.4 Å². The van der Waals surface area contributed by atoms with Crippen LogP contribution in [0.2, 0.25) is 0 Å². The van der Waals surface area contributed by atoms with Gasteiger partial charge < -0.3 is 4.74 Å². The highest BCUT2D eigenvalue weighted by atomic mass is 127. The predicted octanol–water partition coefficient (Wildman–Crippen LogP) is 11.7. The molecule has 4 nitrogen and oxygen atoms in total. The topological polar surface area (TPSA) is 49.4 Å². The quantitative estimate of drug-likeness (QED) is 0.139. The molecule has 0 aromatic rings. The van der Waals surface area contributed by atoms with Crippen LogP contribution in [0.25, 0.3) is 0 Å². The van der Waals surface area contributed by atoms with E-state index in [0.717, 1.165) is 20.8 Å². The van der Waals surface area contributed by atoms with Gasteiger partial charge >= 0.3 is 0 Å². The van der Waals surface area contributed by atoms with Crippen molar-refractivity contribution in [3.05, 3.63) is 0 Å². The highest BCUT2D eigenvalue weighted by Gasteiger charge is 2.33. The zero-order chi connectivity index (χ0) is 19.8. The lowest BCUT2D eigenvalue weighted by Gasteiger charge is -2.30. The highest BCUT2D eigenvalue weighted by Crippen LogP contribution is 2.81. The van der Waals surface area contributed by atoms with Crippen molar-refractivity contribution in [3.63, 3.8) is 0 Å². The van der Waals surface area contributed by atoms with Gasteiger partial charge in [-0.05, 0) is 13.7 Å². The fourth-order valence-electron chi connectivity index (χ4n) is 1.32. The summed E-state index contributed by atoms with van der Waals surface area (Å²) < 4.78 is 26.8. The molecule has 16 heteroatoms. The lowest BCUT2D eigenvalue weighted by molar-refractivity contribution is 1.48. The molecule has 1 heterocycles. The third kappa shape index (κ3) is 10.4. The predicted molar refractivity (Wildman–Crippen MR) is 187 cm³/mol. The molecule has 1 unspecified atom stereocenters. The first kappa shape index (κ1) is 31.3. The molecule has 1 rings (SSSR count). The first-order valence-corrected chi connectivity index (χ1v) is 26.7. The summed E-state index contributed by atoms with van der Waals surface area (Å²) in [5.74, 6) is 0. The fourth-order valence-corrected chi connectivity index (χ4v) is 40.6. The molecule has 0 aliphatic carbocycles. The van der Waals surface area contributed by atoms with E-state index in [4.69, 9.17) is 24.8 Å². The first-order chi connectivity index (χ1) is 11.6. The van der Waals surface area contributed by atoms with Crippen LogP contribution in [0.4, 0.5) is 0 Å². The molecule has 25 heavy (non-hydrogen) atoms. The van der Waals surface area contributed by atoms with Crippen LogP contribution < -0.4 is 0 Å². The molecule has 0 saturated carbocycles. The molecular formula is C9H20ClI7N4P4. The van der Waals surface area contributed by atoms with E-state index in [-0.39, 0.29) is 0 Å². The molecule has 0 radical (unpaired) electrons. The Morgan fingerprint density at radius 3 is 1.40 bits per heavy atom. The maximum atomic E-state index is 6.70. The van der Waals surface area contributed by atoms with Gasteiger partial charge in [-0.25, -0.2) is 13.5 Å². The molecule has 0 N–H and O–H groups in total. The molecule has 1 atom stereocenters. The van der Waals surface area contributed by atoms with Gasteiger partial charge in [0.25, 0.3) is 0 Å². The molecule has 152 valence electrons. The molecule has 0 saturated heterocycles. The lowest BCUT2D eigenvalue weighted by Crippen LogP contribution is -1.91. The highest BCUT2D eigenvalue weighted by molar-refractivity contribution is 14.1. The minimum absolute atomic E-state index is 0.814. The summed E-state index contributed by atoms with van der Waals surface area (Å²) in [6.07, 6.45) is 0. The van der Waals surface area contributed by atoms with E-state index >= 15 is 0 Å². The Balaban J connectivity index is 0.000000609. The fraction of sp³-hybridized carbons (Fsp3) is 1.00. The van der Waals surface area contributed by atoms with Crippen molar-refractivity contribution in [1.82, 2.24) is 0 Å². The molecule has 0 aromatic carbocycles. The van der Waals surface area contributed by atoms with Crippen molar-refractivity contribution in [1.29, 1.82) is 0 Å². The Kier molecular flexibility index (Phi) is 19.1. The molecule has 1 aliphatic rings. The summed E-state index contributed by atoms with van der Waals surface area (Å²) in [5.41, 5.74) is 0. The number of alkyl halides is 7. The maximum absolute atomic E-state index is 6.70. The summed E-state index contributed by atoms with van der Waals surface area (Å²) in [7, 11) is -2.00. The van der Waals surface area contributed by atoms with E-state index in [1.807, 2.05) is 7.05 Å². The molecule has 0 spiro atoms. The Hall–Kier alpha value is 6.32. The van der Waals surface area contributed by atoms with Gasteiger partial charge in [0.05, 0.1) is 20.8 Å². The third-order valence-electron chi connectivity index (χ3n) is 2.86. The van der Waals surface area contributed by atoms with E-state index in [1.54, 1.807) is 0 Å². The van der Waals surface area contributed by atoms with Crippen LogP contribution in [0, 0.1) is 0 Å². The third-order valence-corrected chi connectivity index (χ3v) is 41.8. The second kappa shape index (κ2) is 15.3. The molecule has 0 aromatic heterocycles. The molecule has 1 aliphatic heterocycles. The van der Waals surface area contributed by atoms with Gasteiger partial charge in [0.15, 0.2) is 6.56 Å². The Labute approximate surface area is 253 Å². The Bertz CT molecular complexity index is 620. The van der Waals surface area contributed by atoms with E-state index in [2.05, 4.69) is 170 Å². The van der Waals surface area contributed by atoms with E-state index in [0.29, 0.717) is 0 Å². The standard InChI is InChI=1S/C5H10ClI5N3P3.C4H10I2NP/c6-17(5-11)13-15(1-7,2-8)12-16(3-9,4-10)14-17;1-7-8(2,3-5)4-6/h1-5H2;3-4H2,1-2H3. The summed E-state index contributed by atoms with van der Waals surface area (Å²) in [4.78, 5) is 0. The van der Waals surface area contributed by atoms with Crippen molar-refractivity contribution in [3.8, 4) is 0 Å². The number of hydrogen-bond acceptors (Lipinski definition) is 4. The SMILES string of the molecule is CN=P(C)(CI)CI.ClP1(CI)=NP(CI)(CI)=NP(CI)(CI)=N1. The second-order valence-corrected chi connectivity index (χ2v) is 32.7. The van der Waals surface area contributed by atoms with Crippen LogP contribution in [0.15, 0.2) is 18.3 Å².